The van der Waals surface area contributed by atoms with Gasteiger partial charge >= 0.3 is 5.95 Å². The average molecular weight is 235 g/mol. The van der Waals surface area contributed by atoms with Crippen LogP contribution in [0, 0.1) is 10.1 Å². The second-order valence-electron chi connectivity index (χ2n) is 3.49. The quantitative estimate of drug-likeness (QED) is 0.434. The first kappa shape index (κ1) is 11.0. The van der Waals surface area contributed by atoms with E-state index in [1.165, 1.54) is 6.33 Å². The van der Waals surface area contributed by atoms with Gasteiger partial charge in [-0.25, -0.2) is 0 Å². The van der Waals surface area contributed by atoms with Gasteiger partial charge in [-0.15, -0.1) is 0 Å². The minimum atomic E-state index is -0.705. The third-order valence-electron chi connectivity index (χ3n) is 2.15. The Bertz CT molecular complexity index is 571. The van der Waals surface area contributed by atoms with Crippen LogP contribution in [0.5, 0.6) is 0 Å². The standard InChI is InChI=1S/C9H9N5O3/c1-12-3-2-7(4-12)8(15)5-13-6-10-9(11-13)14(16)17/h2-4,6H,5H2,1H3. The summed E-state index contributed by atoms with van der Waals surface area (Å²) in [7, 11) is 1.80. The lowest BCUT2D eigenvalue weighted by Gasteiger charge is -1.94. The number of Topliss-reactive ketones (excluding diaryl/α,β-unsaturated/α-hetero) is 1. The van der Waals surface area contributed by atoms with Crippen molar-refractivity contribution >= 4 is 11.7 Å². The number of aromatic nitrogens is 4. The van der Waals surface area contributed by atoms with Gasteiger partial charge in [0.1, 0.15) is 6.54 Å². The van der Waals surface area contributed by atoms with Crippen LogP contribution >= 0.6 is 0 Å². The fourth-order valence-electron chi connectivity index (χ4n) is 1.35. The Kier molecular flexibility index (Phi) is 2.69. The summed E-state index contributed by atoms with van der Waals surface area (Å²) in [6.45, 7) is -0.0646. The van der Waals surface area contributed by atoms with E-state index in [4.69, 9.17) is 0 Å². The molecule has 2 rings (SSSR count). The molecule has 0 spiro atoms. The van der Waals surface area contributed by atoms with Gasteiger partial charge in [0, 0.05) is 30.1 Å². The maximum Gasteiger partial charge on any atom is 0.490 e. The Labute approximate surface area is 95.6 Å². The number of hydrogen-bond acceptors (Lipinski definition) is 5. The van der Waals surface area contributed by atoms with Crippen LogP contribution in [0.3, 0.4) is 0 Å². The summed E-state index contributed by atoms with van der Waals surface area (Å²) in [4.78, 5) is 24.8. The first-order chi connectivity index (χ1) is 8.06. The molecule has 8 nitrogen and oxygen atoms in total. The summed E-state index contributed by atoms with van der Waals surface area (Å²) in [5, 5.41) is 13.9. The molecule has 0 aliphatic rings. The lowest BCUT2D eigenvalue weighted by molar-refractivity contribution is -0.394. The predicted molar refractivity (Wildman–Crippen MR) is 56.4 cm³/mol. The number of rotatable bonds is 4. The van der Waals surface area contributed by atoms with Crippen molar-refractivity contribution in [1.82, 2.24) is 19.3 Å². The molecule has 0 aliphatic carbocycles. The Hall–Kier alpha value is -2.51. The number of nitro groups is 1. The Balaban J connectivity index is 2.10. The van der Waals surface area contributed by atoms with E-state index >= 15 is 0 Å². The maximum atomic E-state index is 11.7. The molecule has 8 heteroatoms. The SMILES string of the molecule is Cn1ccc(C(=O)Cn2cnc([N+](=O)[O-])n2)c1. The van der Waals surface area contributed by atoms with Gasteiger partial charge in [0.15, 0.2) is 5.78 Å². The highest BCUT2D eigenvalue weighted by atomic mass is 16.6. The monoisotopic (exact) mass is 235 g/mol. The number of ketones is 1. The number of carbonyl (C=O) groups is 1. The van der Waals surface area contributed by atoms with Gasteiger partial charge in [0.05, 0.1) is 0 Å². The highest BCUT2D eigenvalue weighted by Gasteiger charge is 2.16. The summed E-state index contributed by atoms with van der Waals surface area (Å²) >= 11 is 0. The molecule has 0 aromatic carbocycles. The van der Waals surface area contributed by atoms with Crippen molar-refractivity contribution in [2.45, 2.75) is 6.54 Å². The van der Waals surface area contributed by atoms with E-state index in [1.807, 2.05) is 0 Å². The van der Waals surface area contributed by atoms with Crippen LogP contribution in [0.2, 0.25) is 0 Å². The van der Waals surface area contributed by atoms with Crippen molar-refractivity contribution < 1.29 is 9.72 Å². The fourth-order valence-corrected chi connectivity index (χ4v) is 1.35. The van der Waals surface area contributed by atoms with Crippen molar-refractivity contribution in [1.29, 1.82) is 0 Å². The Morgan fingerprint density at radius 1 is 1.59 bits per heavy atom. The van der Waals surface area contributed by atoms with E-state index < -0.39 is 10.9 Å². The summed E-state index contributed by atoms with van der Waals surface area (Å²) in [5.74, 6) is -0.684. The molecule has 88 valence electrons. The van der Waals surface area contributed by atoms with Crippen molar-refractivity contribution in [2.75, 3.05) is 0 Å². The van der Waals surface area contributed by atoms with Crippen LogP contribution in [0.1, 0.15) is 10.4 Å². The third-order valence-corrected chi connectivity index (χ3v) is 2.15. The zero-order valence-electron chi connectivity index (χ0n) is 8.98. The molecule has 2 aromatic heterocycles. The van der Waals surface area contributed by atoms with Crippen LogP contribution in [0.15, 0.2) is 24.8 Å². The number of aryl methyl sites for hydroxylation is 1. The van der Waals surface area contributed by atoms with Gasteiger partial charge in [-0.3, -0.25) is 4.79 Å². The van der Waals surface area contributed by atoms with Gasteiger partial charge in [-0.1, -0.05) is 4.98 Å². The molecule has 0 unspecified atom stereocenters. The van der Waals surface area contributed by atoms with Gasteiger partial charge in [0.25, 0.3) is 0 Å². The molecular weight excluding hydrogens is 226 g/mol. The van der Waals surface area contributed by atoms with Crippen molar-refractivity contribution in [2.24, 2.45) is 7.05 Å². The smallest absolute Gasteiger partial charge is 0.390 e. The van der Waals surface area contributed by atoms with E-state index in [-0.39, 0.29) is 12.3 Å². The van der Waals surface area contributed by atoms with Gasteiger partial charge in [0.2, 0.25) is 6.33 Å². The van der Waals surface area contributed by atoms with Gasteiger partial charge in [-0.2, -0.15) is 4.68 Å². The largest absolute Gasteiger partial charge is 0.490 e. The van der Waals surface area contributed by atoms with Crippen LogP contribution in [-0.4, -0.2) is 30.0 Å². The second kappa shape index (κ2) is 4.16. The minimum Gasteiger partial charge on any atom is -0.390 e. The van der Waals surface area contributed by atoms with E-state index in [1.54, 1.807) is 30.1 Å². The molecule has 0 atom stereocenters. The van der Waals surface area contributed by atoms with Gasteiger partial charge < -0.3 is 14.7 Å². The van der Waals surface area contributed by atoms with E-state index in [9.17, 15) is 14.9 Å². The van der Waals surface area contributed by atoms with E-state index in [0.717, 1.165) is 4.68 Å². The summed E-state index contributed by atoms with van der Waals surface area (Å²) < 4.78 is 2.89. The second-order valence-corrected chi connectivity index (χ2v) is 3.49. The minimum absolute atomic E-state index is 0.0646. The normalized spacial score (nSPS) is 10.4. The molecule has 0 radical (unpaired) electrons. The molecule has 0 N–H and O–H groups in total. The molecule has 0 fully saturated rings. The van der Waals surface area contributed by atoms with Crippen molar-refractivity contribution in [3.05, 3.63) is 40.5 Å². The molecule has 0 amide bonds. The summed E-state index contributed by atoms with van der Waals surface area (Å²) in [6.07, 6.45) is 4.59. The highest BCUT2D eigenvalue weighted by Crippen LogP contribution is 2.04. The molecule has 0 saturated carbocycles. The third kappa shape index (κ3) is 2.36. The van der Waals surface area contributed by atoms with Crippen molar-refractivity contribution in [3.63, 3.8) is 0 Å². The fraction of sp³-hybridized carbons (Fsp3) is 0.222. The number of carbonyl (C=O) groups excluding carboxylic acids is 1. The van der Waals surface area contributed by atoms with Crippen LogP contribution in [0.4, 0.5) is 5.95 Å². The molecule has 2 heterocycles. The summed E-state index contributed by atoms with van der Waals surface area (Å²) in [6, 6.07) is 1.67. The topological polar surface area (TPSA) is 95.8 Å². The zero-order valence-corrected chi connectivity index (χ0v) is 8.98. The highest BCUT2D eigenvalue weighted by molar-refractivity contribution is 5.95. The Morgan fingerprint density at radius 2 is 2.35 bits per heavy atom. The first-order valence-electron chi connectivity index (χ1n) is 4.75. The van der Waals surface area contributed by atoms with Gasteiger partial charge in [-0.05, 0) is 11.0 Å². The average Bonchev–Trinajstić information content (AvgIpc) is 2.86. The maximum absolute atomic E-state index is 11.7. The number of nitrogens with zero attached hydrogens (tertiary/aromatic N) is 5. The van der Waals surface area contributed by atoms with Crippen molar-refractivity contribution in [3.8, 4) is 0 Å². The predicted octanol–water partition coefficient (Wildman–Crippen LogP) is 0.408. The van der Waals surface area contributed by atoms with Crippen LogP contribution < -0.4 is 0 Å². The lowest BCUT2D eigenvalue weighted by Crippen LogP contribution is -2.10. The molecule has 0 saturated heterocycles. The van der Waals surface area contributed by atoms with E-state index in [0.29, 0.717) is 5.56 Å². The van der Waals surface area contributed by atoms with Crippen LogP contribution in [0.25, 0.3) is 0 Å². The molecule has 17 heavy (non-hydrogen) atoms. The molecule has 0 bridgehead atoms. The van der Waals surface area contributed by atoms with E-state index in [2.05, 4.69) is 10.1 Å². The summed E-state index contributed by atoms with van der Waals surface area (Å²) in [5.41, 5.74) is 0.533. The lowest BCUT2D eigenvalue weighted by atomic mass is 10.2. The first-order valence-corrected chi connectivity index (χ1v) is 4.75. The van der Waals surface area contributed by atoms with Crippen LogP contribution in [-0.2, 0) is 13.6 Å². The Morgan fingerprint density at radius 3 is 2.88 bits per heavy atom. The molecular formula is C9H9N5O3. The number of hydrogen-bond donors (Lipinski definition) is 0. The zero-order chi connectivity index (χ0) is 12.4. The molecule has 2 aromatic rings. The molecule has 0 aliphatic heterocycles.